The molecule has 2 aliphatic heterocycles. The van der Waals surface area contributed by atoms with Gasteiger partial charge in [0, 0.05) is 26.2 Å². The number of likely N-dealkylation sites (tertiary alicyclic amines) is 1. The first-order chi connectivity index (χ1) is 15.5. The van der Waals surface area contributed by atoms with E-state index in [1.807, 2.05) is 11.0 Å². The van der Waals surface area contributed by atoms with Gasteiger partial charge in [-0.25, -0.2) is 8.42 Å². The maximum Gasteiger partial charge on any atom is 0.260 e. The van der Waals surface area contributed by atoms with Crippen LogP contribution >= 0.6 is 0 Å². The van der Waals surface area contributed by atoms with Crippen molar-refractivity contribution in [2.45, 2.75) is 24.2 Å². The summed E-state index contributed by atoms with van der Waals surface area (Å²) in [6.07, 6.45) is 3.04. The van der Waals surface area contributed by atoms with Crippen LogP contribution in [0.3, 0.4) is 0 Å². The van der Waals surface area contributed by atoms with Gasteiger partial charge in [-0.05, 0) is 55.0 Å². The second-order valence-electron chi connectivity index (χ2n) is 8.29. The number of carbonyl (C=O) groups excluding carboxylic acids is 1. The van der Waals surface area contributed by atoms with E-state index in [1.54, 1.807) is 12.1 Å². The molecular weight excluding hydrogens is 428 g/mol. The quantitative estimate of drug-likeness (QED) is 0.638. The molecule has 4 rings (SSSR count). The Morgan fingerprint density at radius 3 is 2.25 bits per heavy atom. The van der Waals surface area contributed by atoms with Crippen LogP contribution in [-0.2, 0) is 26.0 Å². The Morgan fingerprint density at radius 2 is 1.59 bits per heavy atom. The fraction of sp³-hybridized carbons (Fsp3) is 0.458. The predicted octanol–water partition coefficient (Wildman–Crippen LogP) is 2.57. The Balaban J connectivity index is 1.24. The van der Waals surface area contributed by atoms with E-state index in [-0.39, 0.29) is 17.4 Å². The lowest BCUT2D eigenvalue weighted by molar-refractivity contribution is -0.134. The molecule has 0 bridgehead atoms. The number of piperidine rings is 1. The van der Waals surface area contributed by atoms with Crippen molar-refractivity contribution in [2.24, 2.45) is 5.92 Å². The topological polar surface area (TPSA) is 76.2 Å². The minimum Gasteiger partial charge on any atom is -0.484 e. The molecule has 172 valence electrons. The summed E-state index contributed by atoms with van der Waals surface area (Å²) < 4.78 is 37.7. The third kappa shape index (κ3) is 5.68. The fourth-order valence-corrected chi connectivity index (χ4v) is 5.62. The first-order valence-corrected chi connectivity index (χ1v) is 12.6. The van der Waals surface area contributed by atoms with E-state index in [1.165, 1.54) is 22.0 Å². The molecule has 7 nitrogen and oxygen atoms in total. The lowest BCUT2D eigenvalue weighted by atomic mass is 9.90. The van der Waals surface area contributed by atoms with E-state index in [4.69, 9.17) is 9.47 Å². The lowest BCUT2D eigenvalue weighted by Gasteiger charge is -2.32. The molecule has 2 fully saturated rings. The van der Waals surface area contributed by atoms with Gasteiger partial charge < -0.3 is 14.4 Å². The summed E-state index contributed by atoms with van der Waals surface area (Å²) in [5, 5.41) is 0. The van der Waals surface area contributed by atoms with Gasteiger partial charge in [-0.3, -0.25) is 4.79 Å². The van der Waals surface area contributed by atoms with Crippen molar-refractivity contribution in [1.29, 1.82) is 0 Å². The number of nitrogens with zero attached hydrogens (tertiary/aromatic N) is 2. The van der Waals surface area contributed by atoms with Crippen molar-refractivity contribution in [3.05, 3.63) is 60.2 Å². The first-order valence-electron chi connectivity index (χ1n) is 11.1. The number of ether oxygens (including phenoxy) is 2. The fourth-order valence-electron chi connectivity index (χ4n) is 4.21. The van der Waals surface area contributed by atoms with Gasteiger partial charge in [0.25, 0.3) is 5.91 Å². The molecule has 2 aromatic rings. The van der Waals surface area contributed by atoms with Gasteiger partial charge in [0.2, 0.25) is 10.0 Å². The number of hydrogen-bond donors (Lipinski definition) is 0. The highest BCUT2D eigenvalue weighted by Gasteiger charge is 2.26. The van der Waals surface area contributed by atoms with Crippen LogP contribution in [0.4, 0.5) is 0 Å². The largest absolute Gasteiger partial charge is 0.484 e. The zero-order valence-electron chi connectivity index (χ0n) is 18.2. The molecule has 0 aliphatic carbocycles. The zero-order chi connectivity index (χ0) is 22.4. The number of benzene rings is 2. The minimum absolute atomic E-state index is 0.0341. The summed E-state index contributed by atoms with van der Waals surface area (Å²) in [7, 11) is -3.53. The Kier molecular flexibility index (Phi) is 7.44. The second kappa shape index (κ2) is 10.5. The molecule has 0 saturated carbocycles. The molecule has 0 N–H and O–H groups in total. The van der Waals surface area contributed by atoms with E-state index >= 15 is 0 Å². The van der Waals surface area contributed by atoms with E-state index in [2.05, 4.69) is 24.3 Å². The van der Waals surface area contributed by atoms with Crippen molar-refractivity contribution >= 4 is 15.9 Å². The van der Waals surface area contributed by atoms with Gasteiger partial charge in [-0.15, -0.1) is 0 Å². The minimum atomic E-state index is -3.53. The monoisotopic (exact) mass is 458 g/mol. The number of hydrogen-bond acceptors (Lipinski definition) is 5. The van der Waals surface area contributed by atoms with Crippen LogP contribution in [0.5, 0.6) is 5.75 Å². The number of rotatable bonds is 7. The van der Waals surface area contributed by atoms with E-state index in [9.17, 15) is 13.2 Å². The normalized spacial score (nSPS) is 18.4. The van der Waals surface area contributed by atoms with E-state index in [0.29, 0.717) is 38.0 Å². The van der Waals surface area contributed by atoms with Gasteiger partial charge >= 0.3 is 0 Å². The van der Waals surface area contributed by atoms with Gasteiger partial charge in [0.15, 0.2) is 6.61 Å². The summed E-state index contributed by atoms with van der Waals surface area (Å²) in [5.41, 5.74) is 1.35. The van der Waals surface area contributed by atoms with Crippen LogP contribution < -0.4 is 4.74 Å². The van der Waals surface area contributed by atoms with Gasteiger partial charge in [-0.2, -0.15) is 4.31 Å². The molecule has 8 heteroatoms. The Hall–Kier alpha value is -2.42. The van der Waals surface area contributed by atoms with E-state index < -0.39 is 10.0 Å². The predicted molar refractivity (Wildman–Crippen MR) is 121 cm³/mol. The third-order valence-corrected chi connectivity index (χ3v) is 8.04. The molecular formula is C24H30N2O5S. The average molecular weight is 459 g/mol. The molecule has 0 atom stereocenters. The highest BCUT2D eigenvalue weighted by atomic mass is 32.2. The SMILES string of the molecule is O=C(COc1ccc(S(=O)(=O)N2CCOCC2)cc1)N1CCC(Cc2ccccc2)CC1. The van der Waals surface area contributed by atoms with Crippen LogP contribution in [0.1, 0.15) is 18.4 Å². The summed E-state index contributed by atoms with van der Waals surface area (Å²) in [4.78, 5) is 14.6. The third-order valence-electron chi connectivity index (χ3n) is 6.13. The van der Waals surface area contributed by atoms with E-state index in [0.717, 1.165) is 32.4 Å². The molecule has 2 aliphatic rings. The molecule has 0 unspecified atom stereocenters. The average Bonchev–Trinajstić information content (AvgIpc) is 2.84. The highest BCUT2D eigenvalue weighted by molar-refractivity contribution is 7.89. The van der Waals surface area contributed by atoms with Crippen molar-refractivity contribution in [3.8, 4) is 5.75 Å². The standard InChI is InChI=1S/C24H30N2O5S/c27-24(25-12-10-21(11-13-25)18-20-4-2-1-3-5-20)19-31-22-6-8-23(9-7-22)32(28,29)26-14-16-30-17-15-26/h1-9,21H,10-19H2. The lowest BCUT2D eigenvalue weighted by Crippen LogP contribution is -2.41. The molecule has 0 radical (unpaired) electrons. The maximum absolute atomic E-state index is 12.7. The van der Waals surface area contributed by atoms with Crippen LogP contribution in [0, 0.1) is 5.92 Å². The van der Waals surface area contributed by atoms with Gasteiger partial charge in [-0.1, -0.05) is 30.3 Å². The molecule has 2 aromatic carbocycles. The first kappa shape index (κ1) is 22.8. The molecule has 0 aromatic heterocycles. The molecule has 2 heterocycles. The van der Waals surface area contributed by atoms with Crippen molar-refractivity contribution in [1.82, 2.24) is 9.21 Å². The van der Waals surface area contributed by atoms with Crippen molar-refractivity contribution in [3.63, 3.8) is 0 Å². The summed E-state index contributed by atoms with van der Waals surface area (Å²) in [5.74, 6) is 1.05. The van der Waals surface area contributed by atoms with Crippen molar-refractivity contribution in [2.75, 3.05) is 46.0 Å². The molecule has 2 saturated heterocycles. The van der Waals surface area contributed by atoms with Crippen LogP contribution in [-0.4, -0.2) is 69.5 Å². The van der Waals surface area contributed by atoms with Crippen molar-refractivity contribution < 1.29 is 22.7 Å². The number of morpholine rings is 1. The van der Waals surface area contributed by atoms with Crippen LogP contribution in [0.2, 0.25) is 0 Å². The molecule has 0 spiro atoms. The summed E-state index contributed by atoms with van der Waals surface area (Å²) in [6.45, 7) is 2.98. The Labute approximate surface area is 190 Å². The van der Waals surface area contributed by atoms with Crippen LogP contribution in [0.15, 0.2) is 59.5 Å². The molecule has 1 amide bonds. The maximum atomic E-state index is 12.7. The highest BCUT2D eigenvalue weighted by Crippen LogP contribution is 2.23. The Bertz CT molecular complexity index is 981. The zero-order valence-corrected chi connectivity index (χ0v) is 19.0. The summed E-state index contributed by atoms with van der Waals surface area (Å²) in [6, 6.07) is 16.7. The molecule has 32 heavy (non-hydrogen) atoms. The Morgan fingerprint density at radius 1 is 0.938 bits per heavy atom. The summed E-state index contributed by atoms with van der Waals surface area (Å²) >= 11 is 0. The van der Waals surface area contributed by atoms with Gasteiger partial charge in [0.1, 0.15) is 5.75 Å². The number of carbonyl (C=O) groups is 1. The second-order valence-corrected chi connectivity index (χ2v) is 10.2. The number of amides is 1. The smallest absolute Gasteiger partial charge is 0.260 e. The van der Waals surface area contributed by atoms with Crippen LogP contribution in [0.25, 0.3) is 0 Å². The number of sulfonamides is 1. The van der Waals surface area contributed by atoms with Gasteiger partial charge in [0.05, 0.1) is 18.1 Å².